The van der Waals surface area contributed by atoms with Gasteiger partial charge in [0.15, 0.2) is 15.0 Å². The van der Waals surface area contributed by atoms with Crippen LogP contribution in [0.1, 0.15) is 19.8 Å². The lowest BCUT2D eigenvalue weighted by Crippen LogP contribution is -2.34. The minimum Gasteiger partial charge on any atom is -0.345 e. The summed E-state index contributed by atoms with van der Waals surface area (Å²) >= 11 is 1.26. The van der Waals surface area contributed by atoms with Crippen LogP contribution >= 0.6 is 11.3 Å². The Bertz CT molecular complexity index is 1010. The first-order chi connectivity index (χ1) is 11.9. The van der Waals surface area contributed by atoms with Gasteiger partial charge < -0.3 is 10.3 Å². The van der Waals surface area contributed by atoms with E-state index < -0.39 is 21.0 Å². The van der Waals surface area contributed by atoms with Gasteiger partial charge in [0.25, 0.3) is 0 Å². The maximum Gasteiger partial charge on any atom is 0.244 e. The molecular weight excluding hydrogens is 360 g/mol. The van der Waals surface area contributed by atoms with Gasteiger partial charge in [0.2, 0.25) is 5.91 Å². The predicted molar refractivity (Wildman–Crippen MR) is 99.4 cm³/mol. The van der Waals surface area contributed by atoms with E-state index in [-0.39, 0.29) is 6.42 Å². The third-order valence-electron chi connectivity index (χ3n) is 3.82. The molecule has 0 radical (unpaired) electrons. The van der Waals surface area contributed by atoms with E-state index in [1.165, 1.54) is 11.3 Å². The van der Waals surface area contributed by atoms with Gasteiger partial charge in [0, 0.05) is 35.0 Å². The van der Waals surface area contributed by atoms with Crippen molar-refractivity contribution in [2.45, 2.75) is 25.0 Å². The van der Waals surface area contributed by atoms with Gasteiger partial charge in [0.1, 0.15) is 10.9 Å². The number of fused-ring (bicyclic) bond motifs is 1. The van der Waals surface area contributed by atoms with E-state index in [2.05, 4.69) is 20.3 Å². The third-order valence-corrected chi connectivity index (χ3v) is 6.06. The van der Waals surface area contributed by atoms with Gasteiger partial charge >= 0.3 is 0 Å². The molecule has 0 aliphatic carbocycles. The summed E-state index contributed by atoms with van der Waals surface area (Å²) in [6.07, 6.45) is 5.50. The van der Waals surface area contributed by atoms with Gasteiger partial charge in [-0.3, -0.25) is 4.79 Å². The Hall–Kier alpha value is -2.26. The fourth-order valence-corrected chi connectivity index (χ4v) is 4.44. The molecule has 3 aromatic rings. The summed E-state index contributed by atoms with van der Waals surface area (Å²) in [6, 6.07) is 3.78. The lowest BCUT2D eigenvalue weighted by Gasteiger charge is -2.12. The second-order valence-corrected chi connectivity index (χ2v) is 8.82. The summed E-state index contributed by atoms with van der Waals surface area (Å²) in [4.78, 5) is 24.0. The molecule has 0 saturated heterocycles. The first kappa shape index (κ1) is 17.6. The number of carbonyl (C=O) groups is 1. The van der Waals surface area contributed by atoms with Crippen molar-refractivity contribution >= 4 is 43.2 Å². The van der Waals surface area contributed by atoms with Gasteiger partial charge in [-0.25, -0.2) is 18.4 Å². The van der Waals surface area contributed by atoms with Crippen molar-refractivity contribution in [3.05, 3.63) is 29.9 Å². The predicted octanol–water partition coefficient (Wildman–Crippen LogP) is 2.84. The van der Waals surface area contributed by atoms with Crippen LogP contribution < -0.4 is 5.32 Å². The Morgan fingerprint density at radius 1 is 1.44 bits per heavy atom. The molecule has 1 atom stereocenters. The van der Waals surface area contributed by atoms with Crippen LogP contribution in [0.25, 0.3) is 22.3 Å². The molecule has 3 aromatic heterocycles. The second-order valence-electron chi connectivity index (χ2n) is 5.74. The van der Waals surface area contributed by atoms with Gasteiger partial charge in [0.05, 0.1) is 5.69 Å². The summed E-state index contributed by atoms with van der Waals surface area (Å²) in [7, 11) is -3.46. The molecule has 0 aromatic carbocycles. The zero-order valence-electron chi connectivity index (χ0n) is 13.8. The van der Waals surface area contributed by atoms with Crippen molar-refractivity contribution in [1.29, 1.82) is 0 Å². The molecular formula is C16H18N4O3S2. The molecule has 25 heavy (non-hydrogen) atoms. The molecule has 0 spiro atoms. The summed E-state index contributed by atoms with van der Waals surface area (Å²) in [5, 5.41) is 4.71. The average molecular weight is 378 g/mol. The number of aromatic amines is 1. The summed E-state index contributed by atoms with van der Waals surface area (Å²) < 4.78 is 23.6. The maximum atomic E-state index is 12.3. The Labute approximate surface area is 149 Å². The smallest absolute Gasteiger partial charge is 0.244 e. The van der Waals surface area contributed by atoms with Gasteiger partial charge in [-0.1, -0.05) is 13.3 Å². The number of aromatic nitrogens is 3. The number of H-pyrrole nitrogens is 1. The van der Waals surface area contributed by atoms with Crippen LogP contribution in [0, 0.1) is 0 Å². The fraction of sp³-hybridized carbons (Fsp3) is 0.312. The molecule has 1 amide bonds. The van der Waals surface area contributed by atoms with Crippen molar-refractivity contribution in [2.24, 2.45) is 0 Å². The van der Waals surface area contributed by atoms with Crippen LogP contribution in [-0.4, -0.2) is 40.8 Å². The number of sulfone groups is 1. The highest BCUT2D eigenvalue weighted by Gasteiger charge is 2.28. The number of hydrogen-bond donors (Lipinski definition) is 2. The van der Waals surface area contributed by atoms with Gasteiger partial charge in [-0.05, 0) is 18.6 Å². The molecule has 9 heteroatoms. The minimum atomic E-state index is -3.46. The molecule has 132 valence electrons. The summed E-state index contributed by atoms with van der Waals surface area (Å²) in [6.45, 7) is 1.85. The normalized spacial score (nSPS) is 13.0. The highest BCUT2D eigenvalue weighted by Crippen LogP contribution is 2.30. The Balaban J connectivity index is 1.83. The van der Waals surface area contributed by atoms with Crippen molar-refractivity contribution in [3.63, 3.8) is 0 Å². The lowest BCUT2D eigenvalue weighted by molar-refractivity contribution is -0.115. The number of rotatable bonds is 6. The molecule has 0 aliphatic rings. The zero-order chi connectivity index (χ0) is 18.0. The van der Waals surface area contributed by atoms with Crippen LogP contribution in [0.5, 0.6) is 0 Å². The largest absolute Gasteiger partial charge is 0.345 e. The molecule has 2 N–H and O–H groups in total. The topological polar surface area (TPSA) is 105 Å². The summed E-state index contributed by atoms with van der Waals surface area (Å²) in [5.41, 5.74) is 2.34. The Kier molecular flexibility index (Phi) is 4.87. The molecule has 0 bridgehead atoms. The van der Waals surface area contributed by atoms with Crippen molar-refractivity contribution < 1.29 is 13.2 Å². The standard InChI is InChI=1S/C16H18N4O3S2/c1-3-5-13(25(2,22)23)15(21)20-16-19-12(9-24-16)11-8-18-14-10(11)6-4-7-17-14/h4,6-9,13H,3,5H2,1-2H3,(H,17,18)(H,19,20,21). The molecule has 0 aliphatic heterocycles. The van der Waals surface area contributed by atoms with Crippen molar-refractivity contribution in [3.8, 4) is 11.3 Å². The second kappa shape index (κ2) is 6.93. The average Bonchev–Trinajstić information content (AvgIpc) is 3.17. The van der Waals surface area contributed by atoms with Crippen LogP contribution in [0.15, 0.2) is 29.9 Å². The number of pyridine rings is 1. The number of nitrogens with zero attached hydrogens (tertiary/aromatic N) is 2. The molecule has 3 heterocycles. The maximum absolute atomic E-state index is 12.3. The van der Waals surface area contributed by atoms with E-state index in [0.717, 1.165) is 22.9 Å². The summed E-state index contributed by atoms with van der Waals surface area (Å²) in [5.74, 6) is -0.536. The number of amides is 1. The lowest BCUT2D eigenvalue weighted by atomic mass is 10.2. The Morgan fingerprint density at radius 2 is 2.24 bits per heavy atom. The van der Waals surface area contributed by atoms with E-state index in [9.17, 15) is 13.2 Å². The highest BCUT2D eigenvalue weighted by molar-refractivity contribution is 7.92. The fourth-order valence-electron chi connectivity index (χ4n) is 2.61. The zero-order valence-corrected chi connectivity index (χ0v) is 15.4. The first-order valence-corrected chi connectivity index (χ1v) is 10.6. The molecule has 0 saturated carbocycles. The van der Waals surface area contributed by atoms with E-state index >= 15 is 0 Å². The molecule has 7 nitrogen and oxygen atoms in total. The number of carbonyl (C=O) groups excluding carboxylic acids is 1. The molecule has 1 unspecified atom stereocenters. The monoisotopic (exact) mass is 378 g/mol. The van der Waals surface area contributed by atoms with Crippen LogP contribution in [0.3, 0.4) is 0 Å². The number of nitrogens with one attached hydrogen (secondary N) is 2. The number of anilines is 1. The van der Waals surface area contributed by atoms with Crippen molar-refractivity contribution in [2.75, 3.05) is 11.6 Å². The first-order valence-electron chi connectivity index (χ1n) is 7.78. The van der Waals surface area contributed by atoms with E-state index in [0.29, 0.717) is 17.2 Å². The SMILES string of the molecule is CCCC(C(=O)Nc1nc(-c2c[nH]c3ncccc23)cs1)S(C)(=O)=O. The van der Waals surface area contributed by atoms with Crippen LogP contribution in [0.2, 0.25) is 0 Å². The van der Waals surface area contributed by atoms with E-state index in [1.807, 2.05) is 30.6 Å². The van der Waals surface area contributed by atoms with E-state index in [1.54, 1.807) is 6.20 Å². The number of hydrogen-bond acceptors (Lipinski definition) is 6. The number of thiazole rings is 1. The molecule has 0 fully saturated rings. The highest BCUT2D eigenvalue weighted by atomic mass is 32.2. The van der Waals surface area contributed by atoms with Crippen molar-refractivity contribution in [1.82, 2.24) is 15.0 Å². The van der Waals surface area contributed by atoms with Crippen LogP contribution in [-0.2, 0) is 14.6 Å². The third kappa shape index (κ3) is 3.72. The van der Waals surface area contributed by atoms with Gasteiger partial charge in [-0.2, -0.15) is 0 Å². The Morgan fingerprint density at radius 3 is 2.96 bits per heavy atom. The minimum absolute atomic E-state index is 0.289. The quantitative estimate of drug-likeness (QED) is 0.686. The van der Waals surface area contributed by atoms with Crippen LogP contribution in [0.4, 0.5) is 5.13 Å². The van der Waals surface area contributed by atoms with Gasteiger partial charge in [-0.15, -0.1) is 11.3 Å². The molecule has 3 rings (SSSR count). The van der Waals surface area contributed by atoms with E-state index in [4.69, 9.17) is 0 Å².